The average Bonchev–Trinajstić information content (AvgIpc) is 3.94. The van der Waals surface area contributed by atoms with Crippen LogP contribution in [-0.4, -0.2) is 64.1 Å². The molecule has 2 heterocycles. The summed E-state index contributed by atoms with van der Waals surface area (Å²) in [5, 5.41) is 3.20. The molecule has 2 aromatic heterocycles. The maximum Gasteiger partial charge on any atom is 0.115 e. The molecule has 14 radical (unpaired) electrons. The van der Waals surface area contributed by atoms with Gasteiger partial charge in [0.05, 0.1) is 11.0 Å². The van der Waals surface area contributed by atoms with Crippen LogP contribution >= 0.6 is 0 Å². The summed E-state index contributed by atoms with van der Waals surface area (Å²) in [7, 11) is 49.1. The second-order valence-corrected chi connectivity index (χ2v) is 17.6. The van der Waals surface area contributed by atoms with Crippen LogP contribution < -0.4 is 38.2 Å². The van der Waals surface area contributed by atoms with E-state index < -0.39 is 0 Å². The Morgan fingerprint density at radius 2 is 0.754 bits per heavy atom. The van der Waals surface area contributed by atoms with E-state index in [-0.39, 0.29) is 21.9 Å². The maximum atomic E-state index is 7.45. The van der Waals surface area contributed by atoms with Gasteiger partial charge < -0.3 is 9.13 Å². The smallest absolute Gasteiger partial charge is 0.115 e. The average molecular weight is 858 g/mol. The first kappa shape index (κ1) is 42.6. The van der Waals surface area contributed by atoms with E-state index >= 15 is 0 Å². The van der Waals surface area contributed by atoms with Crippen molar-refractivity contribution in [2.75, 3.05) is 0 Å². The maximum absolute atomic E-state index is 7.45. The van der Waals surface area contributed by atoms with Crippen molar-refractivity contribution in [3.05, 3.63) is 200 Å². The number of aromatic nitrogens is 2. The fourth-order valence-corrected chi connectivity index (χ4v) is 10.4. The van der Waals surface area contributed by atoms with E-state index in [9.17, 15) is 0 Å². The van der Waals surface area contributed by atoms with E-state index in [2.05, 4.69) is 162 Å². The van der Waals surface area contributed by atoms with Crippen molar-refractivity contribution in [1.82, 2.24) is 9.13 Å². The Morgan fingerprint density at radius 1 is 0.261 bits per heavy atom. The summed E-state index contributed by atoms with van der Waals surface area (Å²) < 4.78 is 4.30. The normalized spacial score (nSPS) is 11.6. The van der Waals surface area contributed by atoms with Crippen molar-refractivity contribution in [3.63, 3.8) is 0 Å². The highest BCUT2D eigenvalue weighted by molar-refractivity contribution is 6.69. The molecule has 2 nitrogen and oxygen atoms in total. The zero-order valence-corrected chi connectivity index (χ0v) is 37.5. The highest BCUT2D eigenvalue weighted by atomic mass is 15.0. The third kappa shape index (κ3) is 6.81. The predicted octanol–water partition coefficient (Wildman–Crippen LogP) is 7.77. The Labute approximate surface area is 410 Å². The second kappa shape index (κ2) is 16.8. The minimum Gasteiger partial charge on any atom is -0.311 e. The van der Waals surface area contributed by atoms with Gasteiger partial charge in [-0.15, -0.1) is 10.9 Å². The molecule has 12 rings (SSSR count). The largest absolute Gasteiger partial charge is 0.311 e. The molecule has 0 spiro atoms. The molecule has 0 bridgehead atoms. The van der Waals surface area contributed by atoms with E-state index in [1.165, 1.54) is 0 Å². The van der Waals surface area contributed by atoms with E-state index in [0.717, 1.165) is 83.3 Å². The molecule has 304 valence electrons. The van der Waals surface area contributed by atoms with Crippen LogP contribution in [0.5, 0.6) is 0 Å². The van der Waals surface area contributed by atoms with Crippen LogP contribution in [0.15, 0.2) is 200 Å². The van der Waals surface area contributed by atoms with Crippen LogP contribution in [0.25, 0.3) is 111 Å². The summed E-state index contributed by atoms with van der Waals surface area (Å²) in [6, 6.07) is 69.4. The summed E-state index contributed by atoms with van der Waals surface area (Å²) in [5.74, 6) is 0. The van der Waals surface area contributed by atoms with Crippen LogP contribution in [-0.2, 0) is 0 Å². The molecule has 0 saturated heterocycles. The zero-order chi connectivity index (χ0) is 47.1. The molecule has 9 heteroatoms. The van der Waals surface area contributed by atoms with Crippen molar-refractivity contribution < 1.29 is 0 Å². The van der Waals surface area contributed by atoms with Gasteiger partial charge in [0.15, 0.2) is 0 Å². The molecule has 0 amide bonds. The van der Waals surface area contributed by atoms with Gasteiger partial charge in [-0.05, 0) is 97.9 Å². The molecule has 69 heavy (non-hydrogen) atoms. The molecule has 0 fully saturated rings. The quantitative estimate of drug-likeness (QED) is 0.145. The van der Waals surface area contributed by atoms with Gasteiger partial charge in [-0.1, -0.05) is 185 Å². The van der Waals surface area contributed by atoms with Crippen LogP contribution in [0.2, 0.25) is 0 Å². The summed E-state index contributed by atoms with van der Waals surface area (Å²) in [6.45, 7) is 0. The summed E-state index contributed by atoms with van der Waals surface area (Å²) >= 11 is 0. The standard InChI is InChI=1S/C60H33B7N2/c61-51-48(41-27-30-47-46(33-41)45-24-12-23-44(37-17-8-3-9-18-37)58(45)68(47)43-22-11-21-40(32-43)35-15-6-2-7-16-35)52(62)56(66)59-49(51)50-53(63)54(64)55(65)57(67)60(50)69(59)42-28-25-36(26-29-42)39-20-10-19-38(31-39)34-13-4-1-5-14-34/h1-33H. The van der Waals surface area contributed by atoms with Gasteiger partial charge in [0, 0.05) is 44.1 Å². The van der Waals surface area contributed by atoms with Gasteiger partial charge in [0.25, 0.3) is 0 Å². The Balaban J connectivity index is 1.07. The molecule has 0 saturated carbocycles. The molecule has 10 aromatic carbocycles. The Morgan fingerprint density at radius 3 is 1.39 bits per heavy atom. The van der Waals surface area contributed by atoms with Crippen LogP contribution in [0.1, 0.15) is 0 Å². The first-order chi connectivity index (χ1) is 33.7. The third-order valence-corrected chi connectivity index (χ3v) is 13.7. The fraction of sp³-hybridized carbons (Fsp3) is 0. The third-order valence-electron chi connectivity index (χ3n) is 13.7. The van der Waals surface area contributed by atoms with Crippen molar-refractivity contribution in [2.45, 2.75) is 0 Å². The topological polar surface area (TPSA) is 9.86 Å². The number of rotatable bonds is 7. The lowest BCUT2D eigenvalue weighted by molar-refractivity contribution is 1.18. The molecule has 12 aromatic rings. The minimum atomic E-state index is 0.170. The Bertz CT molecular complexity index is 4010. The lowest BCUT2D eigenvalue weighted by Crippen LogP contribution is -2.48. The van der Waals surface area contributed by atoms with E-state index in [0.29, 0.717) is 43.8 Å². The molecular formula is C60H33B7N2. The van der Waals surface area contributed by atoms with E-state index in [4.69, 9.17) is 54.9 Å². The molecule has 0 atom stereocenters. The van der Waals surface area contributed by atoms with Gasteiger partial charge in [-0.3, -0.25) is 0 Å². The lowest BCUT2D eigenvalue weighted by atomic mass is 9.64. The number of benzene rings is 10. The van der Waals surface area contributed by atoms with Gasteiger partial charge in [0.1, 0.15) is 54.9 Å². The highest BCUT2D eigenvalue weighted by Gasteiger charge is 2.25. The van der Waals surface area contributed by atoms with Crippen LogP contribution in [0.3, 0.4) is 0 Å². The second-order valence-electron chi connectivity index (χ2n) is 17.6. The molecule has 0 aliphatic heterocycles. The fourth-order valence-electron chi connectivity index (χ4n) is 10.4. The molecule has 0 aliphatic carbocycles. The molecule has 0 N–H and O–H groups in total. The van der Waals surface area contributed by atoms with Crippen molar-refractivity contribution in [2.24, 2.45) is 0 Å². The van der Waals surface area contributed by atoms with Crippen molar-refractivity contribution in [1.29, 1.82) is 0 Å². The summed E-state index contributed by atoms with van der Waals surface area (Å²) in [5.41, 5.74) is 17.0. The number of fused-ring (bicyclic) bond motifs is 6. The van der Waals surface area contributed by atoms with Gasteiger partial charge in [0.2, 0.25) is 0 Å². The van der Waals surface area contributed by atoms with E-state index in [1.807, 2.05) is 47.0 Å². The van der Waals surface area contributed by atoms with Crippen LogP contribution in [0, 0.1) is 0 Å². The zero-order valence-electron chi connectivity index (χ0n) is 37.5. The summed E-state index contributed by atoms with van der Waals surface area (Å²) in [6.07, 6.45) is 0. The predicted molar refractivity (Wildman–Crippen MR) is 300 cm³/mol. The molecule has 0 aliphatic rings. The highest BCUT2D eigenvalue weighted by Crippen LogP contribution is 2.41. The number of nitrogens with zero attached hydrogens (tertiary/aromatic N) is 2. The number of hydrogen-bond acceptors (Lipinski definition) is 0. The summed E-state index contributed by atoms with van der Waals surface area (Å²) in [4.78, 5) is 0. The van der Waals surface area contributed by atoms with Gasteiger partial charge in [-0.2, -0.15) is 0 Å². The number of para-hydroxylation sites is 1. The van der Waals surface area contributed by atoms with Crippen molar-refractivity contribution >= 4 is 137 Å². The molecule has 0 unspecified atom stereocenters. The monoisotopic (exact) mass is 858 g/mol. The first-order valence-electron chi connectivity index (χ1n) is 22.8. The van der Waals surface area contributed by atoms with Crippen LogP contribution in [0.4, 0.5) is 0 Å². The van der Waals surface area contributed by atoms with Gasteiger partial charge in [-0.25, -0.2) is 0 Å². The van der Waals surface area contributed by atoms with E-state index in [1.54, 1.807) is 0 Å². The molecular weight excluding hydrogens is 824 g/mol. The van der Waals surface area contributed by atoms with Crippen molar-refractivity contribution in [3.8, 4) is 67.0 Å². The lowest BCUT2D eigenvalue weighted by Gasteiger charge is -2.19. The minimum absolute atomic E-state index is 0.170. The van der Waals surface area contributed by atoms with Gasteiger partial charge >= 0.3 is 0 Å². The SMILES string of the molecule is [B]c1c([B])c([B])c2c(c1[B])c1c([B])c(-c3ccc4c(c3)c3cccc(-c5ccccc5)c3n4-c3cccc(-c4ccccc4)c3)c([B])c([B])c1n2-c1ccc(-c2cccc(-c3ccccc3)c2)cc1. The first-order valence-corrected chi connectivity index (χ1v) is 22.8. The Hall–Kier alpha value is -7.75. The number of hydrogen-bond donors (Lipinski definition) is 0. The Kier molecular flexibility index (Phi) is 10.4.